The van der Waals surface area contributed by atoms with Crippen LogP contribution in [0.1, 0.15) is 40.5 Å². The highest BCUT2D eigenvalue weighted by Crippen LogP contribution is 2.10. The molecule has 0 aromatic heterocycles. The molecule has 0 aromatic rings. The maximum atomic E-state index is 12.6. The van der Waals surface area contributed by atoms with Gasteiger partial charge >= 0.3 is 5.97 Å². The van der Waals surface area contributed by atoms with Crippen molar-refractivity contribution in [3.63, 3.8) is 0 Å². The average Bonchev–Trinajstić information content (AvgIpc) is 2.67. The molecule has 0 aromatic carbocycles. The van der Waals surface area contributed by atoms with Crippen molar-refractivity contribution in [3.05, 3.63) is 0 Å². The molecule has 0 bridgehead atoms. The third kappa shape index (κ3) is 8.99. The second-order valence-corrected chi connectivity index (χ2v) is 7.82. The first-order chi connectivity index (χ1) is 13.8. The van der Waals surface area contributed by atoms with Crippen LogP contribution in [0.25, 0.3) is 0 Å². The van der Waals surface area contributed by atoms with Gasteiger partial charge in [-0.1, -0.05) is 34.1 Å². The summed E-state index contributed by atoms with van der Waals surface area (Å²) in [4.78, 5) is 59.8. The fraction of sp³-hybridized carbons (Fsp3) is 0.722. The fourth-order valence-electron chi connectivity index (χ4n) is 2.38. The standard InChI is InChI=1S/C18H33N5O6S/c1-5-9(4)14(17(27)21-10(18(28)29)6-12(19)24)23-15(25)11(7-30)22-16(26)13(20)8(2)3/h8-11,13-14,30H,5-7,20H2,1-4H3,(H2,19,24)(H,21,27)(H,22,26)(H,23,25)(H,28,29). The van der Waals surface area contributed by atoms with Gasteiger partial charge in [0.15, 0.2) is 0 Å². The Bertz CT molecular complexity index is 645. The molecule has 0 saturated carbocycles. The summed E-state index contributed by atoms with van der Waals surface area (Å²) in [5, 5.41) is 16.4. The SMILES string of the molecule is CCC(C)C(NC(=O)C(CS)NC(=O)C(N)C(C)C)C(=O)NC(CC(N)=O)C(=O)O. The van der Waals surface area contributed by atoms with Gasteiger partial charge in [-0.2, -0.15) is 12.6 Å². The van der Waals surface area contributed by atoms with Gasteiger partial charge in [0.1, 0.15) is 18.1 Å². The first-order valence-corrected chi connectivity index (χ1v) is 10.3. The van der Waals surface area contributed by atoms with Gasteiger partial charge in [-0.25, -0.2) is 4.79 Å². The van der Waals surface area contributed by atoms with E-state index in [-0.39, 0.29) is 17.6 Å². The summed E-state index contributed by atoms with van der Waals surface area (Å²) in [7, 11) is 0. The normalized spacial score (nSPS) is 16.0. The molecule has 12 heteroatoms. The number of nitrogens with two attached hydrogens (primary N) is 2. The van der Waals surface area contributed by atoms with Crippen LogP contribution in [-0.4, -0.2) is 64.6 Å². The van der Waals surface area contributed by atoms with E-state index >= 15 is 0 Å². The van der Waals surface area contributed by atoms with E-state index in [2.05, 4.69) is 28.6 Å². The van der Waals surface area contributed by atoms with E-state index in [1.54, 1.807) is 27.7 Å². The van der Waals surface area contributed by atoms with Crippen LogP contribution in [0.15, 0.2) is 0 Å². The molecule has 0 spiro atoms. The van der Waals surface area contributed by atoms with Gasteiger partial charge in [0.25, 0.3) is 0 Å². The van der Waals surface area contributed by atoms with Crippen LogP contribution in [0, 0.1) is 11.8 Å². The van der Waals surface area contributed by atoms with Crippen molar-refractivity contribution in [2.75, 3.05) is 5.75 Å². The van der Waals surface area contributed by atoms with Crippen LogP contribution in [0.4, 0.5) is 0 Å². The van der Waals surface area contributed by atoms with Crippen molar-refractivity contribution in [1.82, 2.24) is 16.0 Å². The number of aliphatic carboxylic acids is 1. The molecule has 0 fully saturated rings. The van der Waals surface area contributed by atoms with Crippen LogP contribution in [0.5, 0.6) is 0 Å². The summed E-state index contributed by atoms with van der Waals surface area (Å²) in [5.74, 6) is -4.87. The van der Waals surface area contributed by atoms with E-state index in [1.165, 1.54) is 0 Å². The van der Waals surface area contributed by atoms with Crippen molar-refractivity contribution in [2.45, 2.75) is 64.7 Å². The monoisotopic (exact) mass is 447 g/mol. The lowest BCUT2D eigenvalue weighted by Crippen LogP contribution is -2.59. The van der Waals surface area contributed by atoms with Gasteiger partial charge in [-0.15, -0.1) is 0 Å². The fourth-order valence-corrected chi connectivity index (χ4v) is 2.64. The van der Waals surface area contributed by atoms with E-state index in [0.717, 1.165) is 0 Å². The summed E-state index contributed by atoms with van der Waals surface area (Å²) in [6.45, 7) is 6.99. The summed E-state index contributed by atoms with van der Waals surface area (Å²) in [5.41, 5.74) is 10.8. The molecular weight excluding hydrogens is 414 g/mol. The Balaban J connectivity index is 5.36. The molecule has 0 rings (SSSR count). The lowest BCUT2D eigenvalue weighted by molar-refractivity contribution is -0.144. The number of carbonyl (C=O) groups is 5. The number of hydrogen-bond acceptors (Lipinski definition) is 7. The highest BCUT2D eigenvalue weighted by atomic mass is 32.1. The predicted octanol–water partition coefficient (Wildman–Crippen LogP) is -1.64. The van der Waals surface area contributed by atoms with E-state index in [9.17, 15) is 29.1 Å². The average molecular weight is 448 g/mol. The summed E-state index contributed by atoms with van der Waals surface area (Å²) >= 11 is 4.07. The third-order valence-corrected chi connectivity index (χ3v) is 5.01. The Hall–Kier alpha value is -2.34. The van der Waals surface area contributed by atoms with Gasteiger partial charge in [0, 0.05) is 5.75 Å². The quantitative estimate of drug-likeness (QED) is 0.164. The van der Waals surface area contributed by atoms with Gasteiger partial charge < -0.3 is 32.5 Å². The van der Waals surface area contributed by atoms with Crippen molar-refractivity contribution in [3.8, 4) is 0 Å². The first kappa shape index (κ1) is 27.7. The number of hydrogen-bond donors (Lipinski definition) is 7. The Morgan fingerprint density at radius 1 is 0.933 bits per heavy atom. The topological polar surface area (TPSA) is 194 Å². The van der Waals surface area contributed by atoms with Crippen LogP contribution < -0.4 is 27.4 Å². The van der Waals surface area contributed by atoms with Crippen molar-refractivity contribution in [1.29, 1.82) is 0 Å². The zero-order chi connectivity index (χ0) is 23.6. The van der Waals surface area contributed by atoms with E-state index in [1.807, 2.05) is 0 Å². The number of rotatable bonds is 13. The second kappa shape index (κ2) is 13.1. The molecule has 0 aliphatic heterocycles. The number of carboxylic acid groups (broad SMARTS) is 1. The predicted molar refractivity (Wildman–Crippen MR) is 113 cm³/mol. The molecule has 5 atom stereocenters. The summed E-state index contributed by atoms with van der Waals surface area (Å²) in [6, 6.07) is -4.50. The smallest absolute Gasteiger partial charge is 0.326 e. The largest absolute Gasteiger partial charge is 0.480 e. The number of carbonyl (C=O) groups excluding carboxylic acids is 4. The molecule has 5 unspecified atom stereocenters. The van der Waals surface area contributed by atoms with Gasteiger partial charge in [-0.05, 0) is 11.8 Å². The Labute approximate surface area is 181 Å². The highest BCUT2D eigenvalue weighted by molar-refractivity contribution is 7.80. The first-order valence-electron chi connectivity index (χ1n) is 9.64. The maximum Gasteiger partial charge on any atom is 0.326 e. The molecule has 0 aliphatic rings. The molecule has 172 valence electrons. The Morgan fingerprint density at radius 3 is 1.87 bits per heavy atom. The van der Waals surface area contributed by atoms with Crippen LogP contribution in [0.2, 0.25) is 0 Å². The molecule has 0 saturated heterocycles. The molecule has 8 N–H and O–H groups in total. The van der Waals surface area contributed by atoms with Crippen molar-refractivity contribution < 1.29 is 29.1 Å². The zero-order valence-electron chi connectivity index (χ0n) is 17.7. The molecule has 0 radical (unpaired) electrons. The van der Waals surface area contributed by atoms with Crippen molar-refractivity contribution >= 4 is 42.2 Å². The Morgan fingerprint density at radius 2 is 1.47 bits per heavy atom. The van der Waals surface area contributed by atoms with E-state index in [4.69, 9.17) is 11.5 Å². The van der Waals surface area contributed by atoms with Crippen LogP contribution >= 0.6 is 12.6 Å². The number of nitrogens with one attached hydrogen (secondary N) is 3. The number of primary amides is 1. The van der Waals surface area contributed by atoms with E-state index < -0.39 is 60.2 Å². The molecule has 0 aliphatic carbocycles. The summed E-state index contributed by atoms with van der Waals surface area (Å²) in [6.07, 6.45) is -0.104. The number of thiol groups is 1. The van der Waals surface area contributed by atoms with Gasteiger partial charge in [-0.3, -0.25) is 19.2 Å². The minimum Gasteiger partial charge on any atom is -0.480 e. The molecule has 30 heavy (non-hydrogen) atoms. The number of amides is 4. The lowest BCUT2D eigenvalue weighted by atomic mass is 9.97. The molecular formula is C18H33N5O6S. The Kier molecular flexibility index (Phi) is 12.0. The lowest BCUT2D eigenvalue weighted by Gasteiger charge is -2.27. The highest BCUT2D eigenvalue weighted by Gasteiger charge is 2.33. The zero-order valence-corrected chi connectivity index (χ0v) is 18.6. The van der Waals surface area contributed by atoms with Crippen molar-refractivity contribution in [2.24, 2.45) is 23.3 Å². The van der Waals surface area contributed by atoms with Crippen LogP contribution in [0.3, 0.4) is 0 Å². The molecule has 0 heterocycles. The van der Waals surface area contributed by atoms with Gasteiger partial charge in [0.2, 0.25) is 23.6 Å². The maximum absolute atomic E-state index is 12.6. The number of carboxylic acids is 1. The minimum absolute atomic E-state index is 0.0450. The van der Waals surface area contributed by atoms with E-state index in [0.29, 0.717) is 6.42 Å². The second-order valence-electron chi connectivity index (χ2n) is 7.46. The molecule has 4 amide bonds. The molecule has 11 nitrogen and oxygen atoms in total. The summed E-state index contributed by atoms with van der Waals surface area (Å²) < 4.78 is 0. The third-order valence-electron chi connectivity index (χ3n) is 4.65. The van der Waals surface area contributed by atoms with Crippen LogP contribution in [-0.2, 0) is 24.0 Å². The van der Waals surface area contributed by atoms with Gasteiger partial charge in [0.05, 0.1) is 12.5 Å². The minimum atomic E-state index is -1.53.